The number of halogens is 1. The van der Waals surface area contributed by atoms with Crippen molar-refractivity contribution >= 4 is 11.6 Å². The van der Waals surface area contributed by atoms with Crippen LogP contribution in [0.1, 0.15) is 46.1 Å². The van der Waals surface area contributed by atoms with Gasteiger partial charge in [-0.1, -0.05) is 63.9 Å². The van der Waals surface area contributed by atoms with Crippen LogP contribution >= 0.6 is 11.6 Å². The Bertz CT molecular complexity index is 362. The van der Waals surface area contributed by atoms with Gasteiger partial charge in [0, 0.05) is 11.1 Å². The number of hydrogen-bond acceptors (Lipinski definition) is 1. The number of nitrogens with one attached hydrogen (secondary N) is 1. The second-order valence-corrected chi connectivity index (χ2v) is 6.38. The maximum Gasteiger partial charge on any atom is 0.0438 e. The molecule has 2 unspecified atom stereocenters. The van der Waals surface area contributed by atoms with Crippen LogP contribution in [0.4, 0.5) is 0 Å². The molecule has 19 heavy (non-hydrogen) atoms. The highest BCUT2D eigenvalue weighted by Gasteiger charge is 2.15. The molecular weight excluding hydrogens is 254 g/mol. The summed E-state index contributed by atoms with van der Waals surface area (Å²) < 4.78 is 0. The molecule has 1 nitrogen and oxygen atoms in total. The summed E-state index contributed by atoms with van der Waals surface area (Å²) in [6.45, 7) is 10.1. The first-order valence-corrected chi connectivity index (χ1v) is 7.87. The highest BCUT2D eigenvalue weighted by atomic mass is 35.5. The van der Waals surface area contributed by atoms with Crippen molar-refractivity contribution < 1.29 is 0 Å². The van der Waals surface area contributed by atoms with Gasteiger partial charge in [-0.3, -0.25) is 0 Å². The van der Waals surface area contributed by atoms with Crippen molar-refractivity contribution in [2.24, 2.45) is 11.8 Å². The monoisotopic (exact) mass is 281 g/mol. The van der Waals surface area contributed by atoms with Gasteiger partial charge in [-0.05, 0) is 42.9 Å². The Hall–Kier alpha value is -0.530. The van der Waals surface area contributed by atoms with Crippen LogP contribution in [0.2, 0.25) is 5.02 Å². The summed E-state index contributed by atoms with van der Waals surface area (Å²) >= 11 is 6.28. The first-order chi connectivity index (χ1) is 9.02. The summed E-state index contributed by atoms with van der Waals surface area (Å²) in [5.74, 6) is 1.44. The zero-order chi connectivity index (χ0) is 14.3. The summed E-state index contributed by atoms with van der Waals surface area (Å²) in [7, 11) is 0. The van der Waals surface area contributed by atoms with Crippen LogP contribution in [0.25, 0.3) is 0 Å². The normalized spacial score (nSPS) is 14.6. The van der Waals surface area contributed by atoms with Gasteiger partial charge in [0.1, 0.15) is 0 Å². The first-order valence-electron chi connectivity index (χ1n) is 7.49. The van der Waals surface area contributed by atoms with E-state index < -0.39 is 0 Å². The summed E-state index contributed by atoms with van der Waals surface area (Å²) in [6.07, 6.45) is 3.59. The summed E-state index contributed by atoms with van der Waals surface area (Å²) in [5, 5.41) is 4.48. The predicted octanol–water partition coefficient (Wildman–Crippen LogP) is 4.93. The zero-order valence-electron chi connectivity index (χ0n) is 12.7. The van der Waals surface area contributed by atoms with Crippen LogP contribution in [-0.4, -0.2) is 12.6 Å². The van der Waals surface area contributed by atoms with Crippen molar-refractivity contribution in [1.29, 1.82) is 0 Å². The van der Waals surface area contributed by atoms with Gasteiger partial charge in [0.15, 0.2) is 0 Å². The Kier molecular flexibility index (Phi) is 7.48. The van der Waals surface area contributed by atoms with E-state index in [1.807, 2.05) is 12.1 Å². The molecule has 0 saturated heterocycles. The quantitative estimate of drug-likeness (QED) is 0.712. The third kappa shape index (κ3) is 6.44. The van der Waals surface area contributed by atoms with E-state index in [2.05, 4.69) is 45.1 Å². The van der Waals surface area contributed by atoms with E-state index in [1.54, 1.807) is 0 Å². The molecule has 0 aromatic heterocycles. The van der Waals surface area contributed by atoms with Crippen LogP contribution in [-0.2, 0) is 6.42 Å². The minimum absolute atomic E-state index is 0.547. The smallest absolute Gasteiger partial charge is 0.0438 e. The van der Waals surface area contributed by atoms with E-state index in [0.717, 1.165) is 23.9 Å². The average molecular weight is 282 g/mol. The SMILES string of the molecule is CCC(C)CC(CNC(C)C)Cc1ccccc1Cl. The van der Waals surface area contributed by atoms with E-state index >= 15 is 0 Å². The standard InChI is InChI=1S/C17H28ClN/c1-5-14(4)10-15(12-19-13(2)3)11-16-8-6-7-9-17(16)18/h6-9,13-15,19H,5,10-12H2,1-4H3. The van der Waals surface area contributed by atoms with Gasteiger partial charge >= 0.3 is 0 Å². The van der Waals surface area contributed by atoms with Crippen molar-refractivity contribution in [2.75, 3.05) is 6.54 Å². The molecule has 2 atom stereocenters. The lowest BCUT2D eigenvalue weighted by atomic mass is 9.89. The summed E-state index contributed by atoms with van der Waals surface area (Å²) in [5.41, 5.74) is 1.28. The van der Waals surface area contributed by atoms with E-state index in [0.29, 0.717) is 12.0 Å². The number of benzene rings is 1. The van der Waals surface area contributed by atoms with Crippen molar-refractivity contribution in [3.8, 4) is 0 Å². The molecule has 0 amide bonds. The van der Waals surface area contributed by atoms with Gasteiger partial charge in [-0.2, -0.15) is 0 Å². The number of hydrogen-bond donors (Lipinski definition) is 1. The van der Waals surface area contributed by atoms with E-state index in [4.69, 9.17) is 11.6 Å². The molecule has 1 rings (SSSR count). The molecule has 1 N–H and O–H groups in total. The van der Waals surface area contributed by atoms with Crippen LogP contribution in [0.5, 0.6) is 0 Å². The fourth-order valence-electron chi connectivity index (χ4n) is 2.35. The first kappa shape index (κ1) is 16.5. The molecule has 0 fully saturated rings. The minimum Gasteiger partial charge on any atom is -0.314 e. The third-order valence-corrected chi connectivity index (χ3v) is 4.08. The second kappa shape index (κ2) is 8.60. The van der Waals surface area contributed by atoms with Crippen LogP contribution in [0.15, 0.2) is 24.3 Å². The van der Waals surface area contributed by atoms with Gasteiger partial charge in [0.25, 0.3) is 0 Å². The largest absolute Gasteiger partial charge is 0.314 e. The Morgan fingerprint density at radius 3 is 2.42 bits per heavy atom. The Balaban J connectivity index is 2.64. The van der Waals surface area contributed by atoms with Gasteiger partial charge in [-0.25, -0.2) is 0 Å². The lowest BCUT2D eigenvalue weighted by molar-refractivity contribution is 0.354. The van der Waals surface area contributed by atoms with Crippen LogP contribution in [0.3, 0.4) is 0 Å². The van der Waals surface area contributed by atoms with Gasteiger partial charge in [0.2, 0.25) is 0 Å². The molecule has 0 aliphatic rings. The Morgan fingerprint density at radius 2 is 1.84 bits per heavy atom. The minimum atomic E-state index is 0.547. The molecular formula is C17H28ClN. The van der Waals surface area contributed by atoms with Crippen molar-refractivity contribution in [1.82, 2.24) is 5.32 Å². The fourth-order valence-corrected chi connectivity index (χ4v) is 2.56. The molecule has 0 saturated carbocycles. The van der Waals surface area contributed by atoms with Gasteiger partial charge in [0.05, 0.1) is 0 Å². The molecule has 1 aromatic carbocycles. The van der Waals surface area contributed by atoms with E-state index in [9.17, 15) is 0 Å². The lowest BCUT2D eigenvalue weighted by Crippen LogP contribution is -2.30. The average Bonchev–Trinajstić information content (AvgIpc) is 2.38. The summed E-state index contributed by atoms with van der Waals surface area (Å²) in [6, 6.07) is 8.78. The van der Waals surface area contributed by atoms with Crippen molar-refractivity contribution in [3.63, 3.8) is 0 Å². The second-order valence-electron chi connectivity index (χ2n) is 5.97. The molecule has 108 valence electrons. The Morgan fingerprint density at radius 1 is 1.16 bits per heavy atom. The van der Waals surface area contributed by atoms with Gasteiger partial charge in [-0.15, -0.1) is 0 Å². The molecule has 0 radical (unpaired) electrons. The highest BCUT2D eigenvalue weighted by Crippen LogP contribution is 2.23. The molecule has 0 heterocycles. The molecule has 0 aliphatic heterocycles. The predicted molar refractivity (Wildman–Crippen MR) is 85.9 cm³/mol. The summed E-state index contributed by atoms with van der Waals surface area (Å²) in [4.78, 5) is 0. The van der Waals surface area contributed by atoms with Crippen LogP contribution < -0.4 is 5.32 Å². The Labute approximate surface area is 123 Å². The highest BCUT2D eigenvalue weighted by molar-refractivity contribution is 6.31. The molecule has 0 aliphatic carbocycles. The van der Waals surface area contributed by atoms with Crippen LogP contribution in [0, 0.1) is 11.8 Å². The maximum atomic E-state index is 6.28. The van der Waals surface area contributed by atoms with E-state index in [1.165, 1.54) is 18.4 Å². The molecule has 1 aromatic rings. The lowest BCUT2D eigenvalue weighted by Gasteiger charge is -2.22. The van der Waals surface area contributed by atoms with Gasteiger partial charge < -0.3 is 5.32 Å². The van der Waals surface area contributed by atoms with Crippen molar-refractivity contribution in [3.05, 3.63) is 34.9 Å². The molecule has 2 heteroatoms. The molecule has 0 bridgehead atoms. The topological polar surface area (TPSA) is 12.0 Å². The maximum absolute atomic E-state index is 6.28. The fraction of sp³-hybridized carbons (Fsp3) is 0.647. The third-order valence-electron chi connectivity index (χ3n) is 3.71. The van der Waals surface area contributed by atoms with Crippen molar-refractivity contribution in [2.45, 2.75) is 53.0 Å². The number of rotatable bonds is 8. The molecule has 0 spiro atoms. The zero-order valence-corrected chi connectivity index (χ0v) is 13.5. The van der Waals surface area contributed by atoms with E-state index in [-0.39, 0.29) is 0 Å².